The Hall–Kier alpha value is -2.42. The molecule has 1 saturated heterocycles. The van der Waals surface area contributed by atoms with Crippen LogP contribution in [-0.2, 0) is 0 Å². The molecule has 1 aromatic heterocycles. The van der Waals surface area contributed by atoms with Crippen LogP contribution in [0, 0.1) is 5.82 Å². The predicted molar refractivity (Wildman–Crippen MR) is 128 cm³/mol. The molecule has 166 valence electrons. The van der Waals surface area contributed by atoms with Crippen LogP contribution < -0.4 is 16.0 Å². The van der Waals surface area contributed by atoms with Crippen LogP contribution >= 0.6 is 23.9 Å². The van der Waals surface area contributed by atoms with Crippen molar-refractivity contribution in [1.82, 2.24) is 14.6 Å². The summed E-state index contributed by atoms with van der Waals surface area (Å²) < 4.78 is 19.4. The fraction of sp³-hybridized carbons (Fsp3) is 0.364. The van der Waals surface area contributed by atoms with Crippen LogP contribution in [0.3, 0.4) is 0 Å². The van der Waals surface area contributed by atoms with E-state index in [-0.39, 0.29) is 29.6 Å². The van der Waals surface area contributed by atoms with Crippen molar-refractivity contribution in [3.8, 4) is 0 Å². The molecule has 1 fully saturated rings. The third-order valence-electron chi connectivity index (χ3n) is 5.51. The second-order valence-electron chi connectivity index (χ2n) is 7.50. The molecular formula is C22H27ClFN5OS. The fourth-order valence-electron chi connectivity index (χ4n) is 3.78. The smallest absolute Gasteiger partial charge is 0.253 e. The average molecular weight is 464 g/mol. The number of hydrogen-bond donors (Lipinski definition) is 2. The summed E-state index contributed by atoms with van der Waals surface area (Å²) in [4.78, 5) is 17.0. The maximum Gasteiger partial charge on any atom is 0.253 e. The Balaban J connectivity index is 0.00000272. The van der Waals surface area contributed by atoms with E-state index in [1.165, 1.54) is 22.2 Å². The Kier molecular flexibility index (Phi) is 8.06. The molecule has 0 aliphatic carbocycles. The summed E-state index contributed by atoms with van der Waals surface area (Å²) >= 11 is 1.56. The van der Waals surface area contributed by atoms with E-state index in [0.717, 1.165) is 51.4 Å². The van der Waals surface area contributed by atoms with Gasteiger partial charge in [0.15, 0.2) is 0 Å². The molecule has 9 heteroatoms. The number of piperazine rings is 1. The van der Waals surface area contributed by atoms with Crippen molar-refractivity contribution in [3.05, 3.63) is 53.8 Å². The fourth-order valence-corrected chi connectivity index (χ4v) is 4.57. The highest BCUT2D eigenvalue weighted by molar-refractivity contribution is 7.13. The SMILES string of the molecule is Cl.Nc1c(F)cccc1C(=O)NCCCCN1CCN(c2nsc3ccccc23)CC1. The van der Waals surface area contributed by atoms with Crippen LogP contribution in [0.4, 0.5) is 15.9 Å². The molecule has 0 bridgehead atoms. The highest BCUT2D eigenvalue weighted by Gasteiger charge is 2.20. The third-order valence-corrected chi connectivity index (χ3v) is 6.33. The highest BCUT2D eigenvalue weighted by Crippen LogP contribution is 2.29. The number of hydrogen-bond acceptors (Lipinski definition) is 6. The number of amides is 1. The van der Waals surface area contributed by atoms with Gasteiger partial charge in [-0.05, 0) is 55.2 Å². The number of unbranched alkanes of at least 4 members (excludes halogenated alkanes) is 1. The second kappa shape index (κ2) is 10.7. The van der Waals surface area contributed by atoms with Crippen molar-refractivity contribution in [1.29, 1.82) is 0 Å². The number of nitrogens with zero attached hydrogens (tertiary/aromatic N) is 3. The minimum absolute atomic E-state index is 0. The number of nitrogen functional groups attached to an aromatic ring is 1. The summed E-state index contributed by atoms with van der Waals surface area (Å²) in [5.41, 5.74) is 5.74. The number of rotatable bonds is 7. The number of carbonyl (C=O) groups is 1. The lowest BCUT2D eigenvalue weighted by molar-refractivity contribution is 0.0953. The van der Waals surface area contributed by atoms with Gasteiger partial charge in [0, 0.05) is 38.1 Å². The molecule has 0 spiro atoms. The lowest BCUT2D eigenvalue weighted by atomic mass is 10.1. The third kappa shape index (κ3) is 5.44. The van der Waals surface area contributed by atoms with Crippen molar-refractivity contribution in [2.75, 3.05) is 49.9 Å². The number of halogens is 2. The first-order valence-electron chi connectivity index (χ1n) is 10.3. The van der Waals surface area contributed by atoms with Gasteiger partial charge >= 0.3 is 0 Å². The van der Waals surface area contributed by atoms with Crippen molar-refractivity contribution >= 4 is 51.4 Å². The number of nitrogens with one attached hydrogen (secondary N) is 1. The molecule has 1 amide bonds. The molecular weight excluding hydrogens is 437 g/mol. The minimum Gasteiger partial charge on any atom is -0.396 e. The molecule has 1 aliphatic rings. The molecule has 2 heterocycles. The zero-order chi connectivity index (χ0) is 20.9. The zero-order valence-corrected chi connectivity index (χ0v) is 18.9. The van der Waals surface area contributed by atoms with Gasteiger partial charge in [-0.1, -0.05) is 18.2 Å². The molecule has 1 aliphatic heterocycles. The van der Waals surface area contributed by atoms with Gasteiger partial charge in [0.05, 0.1) is 16.0 Å². The Bertz CT molecular complexity index is 1020. The predicted octanol–water partition coefficient (Wildman–Crippen LogP) is 3.77. The van der Waals surface area contributed by atoms with Gasteiger partial charge in [-0.2, -0.15) is 4.37 Å². The summed E-state index contributed by atoms with van der Waals surface area (Å²) in [6, 6.07) is 12.7. The molecule has 3 aromatic rings. The summed E-state index contributed by atoms with van der Waals surface area (Å²) in [5.74, 6) is 0.220. The number of fused-ring (bicyclic) bond motifs is 1. The number of carbonyl (C=O) groups excluding carboxylic acids is 1. The first kappa shape index (κ1) is 23.2. The second-order valence-corrected chi connectivity index (χ2v) is 8.30. The molecule has 0 atom stereocenters. The van der Waals surface area contributed by atoms with Crippen molar-refractivity contribution in [2.24, 2.45) is 0 Å². The topological polar surface area (TPSA) is 74.5 Å². The number of benzene rings is 2. The Morgan fingerprint density at radius 3 is 2.68 bits per heavy atom. The van der Waals surface area contributed by atoms with Gasteiger partial charge in [0.25, 0.3) is 5.91 Å². The maximum atomic E-state index is 13.5. The van der Waals surface area contributed by atoms with Gasteiger partial charge in [0.2, 0.25) is 0 Å². The molecule has 0 radical (unpaired) electrons. The quantitative estimate of drug-likeness (QED) is 0.412. The molecule has 2 aromatic carbocycles. The van der Waals surface area contributed by atoms with Crippen LogP contribution in [0.1, 0.15) is 23.2 Å². The first-order valence-corrected chi connectivity index (χ1v) is 11.0. The average Bonchev–Trinajstić information content (AvgIpc) is 3.20. The van der Waals surface area contributed by atoms with E-state index in [0.29, 0.717) is 6.54 Å². The normalized spacial score (nSPS) is 14.4. The molecule has 0 saturated carbocycles. The highest BCUT2D eigenvalue weighted by atomic mass is 35.5. The molecule has 6 nitrogen and oxygen atoms in total. The van der Waals surface area contributed by atoms with Gasteiger partial charge in [-0.25, -0.2) is 4.39 Å². The van der Waals surface area contributed by atoms with E-state index in [1.807, 2.05) is 0 Å². The minimum atomic E-state index is -0.563. The summed E-state index contributed by atoms with van der Waals surface area (Å²) in [7, 11) is 0. The van der Waals surface area contributed by atoms with E-state index >= 15 is 0 Å². The van der Waals surface area contributed by atoms with E-state index in [1.54, 1.807) is 17.6 Å². The molecule has 3 N–H and O–H groups in total. The summed E-state index contributed by atoms with van der Waals surface area (Å²) in [5, 5.41) is 4.07. The Morgan fingerprint density at radius 1 is 1.10 bits per heavy atom. The van der Waals surface area contributed by atoms with E-state index in [9.17, 15) is 9.18 Å². The van der Waals surface area contributed by atoms with E-state index in [4.69, 9.17) is 5.73 Å². The number of nitrogens with two attached hydrogens (primary N) is 1. The lowest BCUT2D eigenvalue weighted by Crippen LogP contribution is -2.46. The van der Waals surface area contributed by atoms with Gasteiger partial charge in [0.1, 0.15) is 11.6 Å². The first-order chi connectivity index (χ1) is 14.6. The summed E-state index contributed by atoms with van der Waals surface area (Å²) in [6.07, 6.45) is 1.87. The maximum absolute atomic E-state index is 13.5. The molecule has 31 heavy (non-hydrogen) atoms. The van der Waals surface area contributed by atoms with Crippen molar-refractivity contribution < 1.29 is 9.18 Å². The van der Waals surface area contributed by atoms with Gasteiger partial charge < -0.3 is 16.0 Å². The molecule has 4 rings (SSSR count). The van der Waals surface area contributed by atoms with Crippen LogP contribution in [0.25, 0.3) is 10.1 Å². The summed E-state index contributed by atoms with van der Waals surface area (Å²) in [6.45, 7) is 5.53. The lowest BCUT2D eigenvalue weighted by Gasteiger charge is -2.35. The number of anilines is 2. The molecule has 0 unspecified atom stereocenters. The Morgan fingerprint density at radius 2 is 1.87 bits per heavy atom. The van der Waals surface area contributed by atoms with Crippen LogP contribution in [0.2, 0.25) is 0 Å². The standard InChI is InChI=1S/C22H26FN5OS.ClH/c23-18-8-5-7-17(20(18)24)22(29)25-10-3-4-11-27-12-14-28(15-13-27)21-16-6-1-2-9-19(16)30-26-21;/h1-2,5-9H,3-4,10-15,24H2,(H,25,29);1H. The Labute approximate surface area is 191 Å². The zero-order valence-electron chi connectivity index (χ0n) is 17.2. The van der Waals surface area contributed by atoms with Crippen molar-refractivity contribution in [3.63, 3.8) is 0 Å². The van der Waals surface area contributed by atoms with Crippen LogP contribution in [-0.4, -0.2) is 54.4 Å². The van der Waals surface area contributed by atoms with Crippen LogP contribution in [0.15, 0.2) is 42.5 Å². The van der Waals surface area contributed by atoms with Crippen molar-refractivity contribution in [2.45, 2.75) is 12.8 Å². The van der Waals surface area contributed by atoms with E-state index in [2.05, 4.69) is 43.8 Å². The number of para-hydroxylation sites is 1. The monoisotopic (exact) mass is 463 g/mol. The number of aromatic nitrogens is 1. The van der Waals surface area contributed by atoms with Gasteiger partial charge in [-0.15, -0.1) is 12.4 Å². The van der Waals surface area contributed by atoms with E-state index < -0.39 is 5.82 Å². The van der Waals surface area contributed by atoms with Gasteiger partial charge in [-0.3, -0.25) is 9.69 Å². The largest absolute Gasteiger partial charge is 0.396 e. The van der Waals surface area contributed by atoms with Crippen LogP contribution in [0.5, 0.6) is 0 Å².